The molecule has 0 saturated carbocycles. The summed E-state index contributed by atoms with van der Waals surface area (Å²) in [6, 6.07) is 15.6. The van der Waals surface area contributed by atoms with E-state index in [0.29, 0.717) is 43.0 Å². The molecule has 1 aliphatic rings. The summed E-state index contributed by atoms with van der Waals surface area (Å²) >= 11 is 1.36. The van der Waals surface area contributed by atoms with E-state index in [1.807, 2.05) is 41.0 Å². The van der Waals surface area contributed by atoms with Crippen molar-refractivity contribution in [2.75, 3.05) is 57.2 Å². The Hall–Kier alpha value is -3.24. The van der Waals surface area contributed by atoms with Crippen molar-refractivity contribution < 1.29 is 19.0 Å². The molecular weight excluding hydrogens is 454 g/mol. The van der Waals surface area contributed by atoms with Gasteiger partial charge in [-0.2, -0.15) is 0 Å². The Labute approximate surface area is 203 Å². The van der Waals surface area contributed by atoms with Gasteiger partial charge < -0.3 is 24.4 Å². The summed E-state index contributed by atoms with van der Waals surface area (Å²) in [6.07, 6.45) is 0. The molecule has 0 spiro atoms. The van der Waals surface area contributed by atoms with E-state index in [1.54, 1.807) is 7.11 Å². The number of nitrogens with one attached hydrogen (secondary N) is 1. The van der Waals surface area contributed by atoms with Gasteiger partial charge in [0.25, 0.3) is 0 Å². The predicted molar refractivity (Wildman–Crippen MR) is 131 cm³/mol. The Morgan fingerprint density at radius 1 is 1.09 bits per heavy atom. The molecule has 1 saturated heterocycles. The van der Waals surface area contributed by atoms with Crippen molar-refractivity contribution in [1.29, 1.82) is 0 Å². The van der Waals surface area contributed by atoms with E-state index in [2.05, 4.69) is 39.5 Å². The molecule has 1 aliphatic heterocycles. The molecule has 1 amide bonds. The van der Waals surface area contributed by atoms with Crippen molar-refractivity contribution in [3.05, 3.63) is 54.1 Å². The number of aromatic nitrogens is 3. The lowest BCUT2D eigenvalue weighted by molar-refractivity contribution is -0.118. The number of nitrogens with zero attached hydrogens (tertiary/aromatic N) is 4. The highest BCUT2D eigenvalue weighted by atomic mass is 32.2. The van der Waals surface area contributed by atoms with E-state index in [9.17, 15) is 4.79 Å². The number of carbonyl (C=O) groups excluding carboxylic acids is 1. The van der Waals surface area contributed by atoms with Gasteiger partial charge in [-0.1, -0.05) is 41.6 Å². The predicted octanol–water partition coefficient (Wildman–Crippen LogP) is 2.71. The van der Waals surface area contributed by atoms with Crippen molar-refractivity contribution in [3.8, 4) is 17.2 Å². The minimum atomic E-state index is -0.0972. The van der Waals surface area contributed by atoms with Gasteiger partial charge in [-0.25, -0.2) is 0 Å². The van der Waals surface area contributed by atoms with Gasteiger partial charge in [0.1, 0.15) is 6.61 Å². The molecule has 3 aromatic rings. The number of morpholine rings is 1. The van der Waals surface area contributed by atoms with Gasteiger partial charge in [0.15, 0.2) is 16.7 Å². The van der Waals surface area contributed by atoms with E-state index in [4.69, 9.17) is 14.2 Å². The van der Waals surface area contributed by atoms with Gasteiger partial charge in [0, 0.05) is 13.1 Å². The lowest BCUT2D eigenvalue weighted by Crippen LogP contribution is -2.37. The zero-order valence-corrected chi connectivity index (χ0v) is 20.2. The zero-order valence-electron chi connectivity index (χ0n) is 19.4. The number of ether oxygens (including phenoxy) is 3. The van der Waals surface area contributed by atoms with Crippen molar-refractivity contribution in [1.82, 2.24) is 20.1 Å². The van der Waals surface area contributed by atoms with Gasteiger partial charge in [-0.05, 0) is 31.2 Å². The fourth-order valence-electron chi connectivity index (χ4n) is 3.51. The average Bonchev–Trinajstić information content (AvgIpc) is 3.30. The third kappa shape index (κ3) is 6.00. The molecule has 10 heteroatoms. The van der Waals surface area contributed by atoms with Crippen LogP contribution < -0.4 is 19.7 Å². The minimum absolute atomic E-state index is 0.0972. The number of anilines is 1. The standard InChI is InChI=1S/C24H29N5O4S/c1-18-7-9-19(10-8-18)29-23(28-12-15-32-16-13-28)26-27-24(29)34-17-22(30)25-11-14-33-21-6-4-3-5-20(21)31-2/h3-10H,11-17H2,1-2H3,(H,25,30). The van der Waals surface area contributed by atoms with Crippen LogP contribution in [0.5, 0.6) is 11.5 Å². The normalized spacial score (nSPS) is 13.5. The van der Waals surface area contributed by atoms with Gasteiger partial charge in [-0.3, -0.25) is 9.36 Å². The molecule has 180 valence electrons. The third-order valence-electron chi connectivity index (χ3n) is 5.29. The zero-order chi connectivity index (χ0) is 23.8. The van der Waals surface area contributed by atoms with Crippen LogP contribution in [0.15, 0.2) is 53.7 Å². The molecule has 1 aromatic heterocycles. The topological polar surface area (TPSA) is 90.7 Å². The van der Waals surface area contributed by atoms with Crippen LogP contribution in [0.1, 0.15) is 5.56 Å². The summed E-state index contributed by atoms with van der Waals surface area (Å²) in [6.45, 7) is 5.60. The van der Waals surface area contributed by atoms with Crippen molar-refractivity contribution in [2.24, 2.45) is 0 Å². The summed E-state index contributed by atoms with van der Waals surface area (Å²) in [4.78, 5) is 14.6. The summed E-state index contributed by atoms with van der Waals surface area (Å²) in [5.74, 6) is 2.20. The van der Waals surface area contributed by atoms with Crippen LogP contribution in [0, 0.1) is 6.92 Å². The quantitative estimate of drug-likeness (QED) is 0.348. The fourth-order valence-corrected chi connectivity index (χ4v) is 4.29. The second kappa shape index (κ2) is 11.8. The summed E-state index contributed by atoms with van der Waals surface area (Å²) in [5.41, 5.74) is 2.14. The highest BCUT2D eigenvalue weighted by molar-refractivity contribution is 7.99. The number of carbonyl (C=O) groups is 1. The van der Waals surface area contributed by atoms with Crippen LogP contribution in [0.4, 0.5) is 5.95 Å². The third-order valence-corrected chi connectivity index (χ3v) is 6.21. The first kappa shape index (κ1) is 23.9. The lowest BCUT2D eigenvalue weighted by Gasteiger charge is -2.27. The van der Waals surface area contributed by atoms with E-state index >= 15 is 0 Å². The number of methoxy groups -OCH3 is 1. The summed E-state index contributed by atoms with van der Waals surface area (Å²) < 4.78 is 18.5. The Morgan fingerprint density at radius 3 is 2.56 bits per heavy atom. The van der Waals surface area contributed by atoms with Crippen LogP contribution in [-0.2, 0) is 9.53 Å². The molecule has 0 atom stereocenters. The molecule has 34 heavy (non-hydrogen) atoms. The SMILES string of the molecule is COc1ccccc1OCCNC(=O)CSc1nnc(N2CCOCC2)n1-c1ccc(C)cc1. The maximum absolute atomic E-state index is 12.5. The van der Waals surface area contributed by atoms with Gasteiger partial charge in [0.05, 0.1) is 38.3 Å². The molecule has 0 unspecified atom stereocenters. The largest absolute Gasteiger partial charge is 0.493 e. The molecule has 9 nitrogen and oxygen atoms in total. The average molecular weight is 484 g/mol. The first-order chi connectivity index (χ1) is 16.7. The monoisotopic (exact) mass is 483 g/mol. The van der Waals surface area contributed by atoms with Gasteiger partial charge >= 0.3 is 0 Å². The van der Waals surface area contributed by atoms with Gasteiger partial charge in [-0.15, -0.1) is 10.2 Å². The number of hydrogen-bond donors (Lipinski definition) is 1. The van der Waals surface area contributed by atoms with Crippen LogP contribution in [0.25, 0.3) is 5.69 Å². The van der Waals surface area contributed by atoms with Crippen LogP contribution >= 0.6 is 11.8 Å². The van der Waals surface area contributed by atoms with Crippen LogP contribution in [-0.4, -0.2) is 73.0 Å². The Kier molecular flexibility index (Phi) is 8.26. The number of amides is 1. The van der Waals surface area contributed by atoms with Crippen molar-refractivity contribution in [2.45, 2.75) is 12.1 Å². The molecular formula is C24H29N5O4S. The van der Waals surface area contributed by atoms with Crippen molar-refractivity contribution in [3.63, 3.8) is 0 Å². The maximum atomic E-state index is 12.5. The highest BCUT2D eigenvalue weighted by Gasteiger charge is 2.22. The number of hydrogen-bond acceptors (Lipinski definition) is 8. The Balaban J connectivity index is 1.36. The van der Waals surface area contributed by atoms with E-state index in [1.165, 1.54) is 17.3 Å². The molecule has 2 aromatic carbocycles. The van der Waals surface area contributed by atoms with E-state index < -0.39 is 0 Å². The number of rotatable bonds is 10. The second-order valence-corrected chi connectivity index (χ2v) is 8.63. The van der Waals surface area contributed by atoms with E-state index in [0.717, 1.165) is 24.7 Å². The molecule has 0 radical (unpaired) electrons. The fraction of sp³-hybridized carbons (Fsp3) is 0.375. The highest BCUT2D eigenvalue weighted by Crippen LogP contribution is 2.28. The van der Waals surface area contributed by atoms with Crippen LogP contribution in [0.3, 0.4) is 0 Å². The Morgan fingerprint density at radius 2 is 1.82 bits per heavy atom. The molecule has 0 bridgehead atoms. The number of aryl methyl sites for hydroxylation is 1. The number of thioether (sulfide) groups is 1. The Bertz CT molecular complexity index is 1080. The molecule has 1 N–H and O–H groups in total. The first-order valence-corrected chi connectivity index (χ1v) is 12.1. The molecule has 4 rings (SSSR count). The minimum Gasteiger partial charge on any atom is -0.493 e. The molecule has 2 heterocycles. The number of benzene rings is 2. The number of para-hydroxylation sites is 2. The van der Waals surface area contributed by atoms with Gasteiger partial charge in [0.2, 0.25) is 11.9 Å². The van der Waals surface area contributed by atoms with E-state index in [-0.39, 0.29) is 11.7 Å². The van der Waals surface area contributed by atoms with Crippen molar-refractivity contribution >= 4 is 23.6 Å². The molecule has 0 aliphatic carbocycles. The first-order valence-electron chi connectivity index (χ1n) is 11.2. The molecule has 1 fully saturated rings. The van der Waals surface area contributed by atoms with Crippen LogP contribution in [0.2, 0.25) is 0 Å². The summed E-state index contributed by atoms with van der Waals surface area (Å²) in [7, 11) is 1.60. The lowest BCUT2D eigenvalue weighted by atomic mass is 10.2. The smallest absolute Gasteiger partial charge is 0.232 e. The maximum Gasteiger partial charge on any atom is 0.232 e. The summed E-state index contributed by atoms with van der Waals surface area (Å²) in [5, 5.41) is 12.4. The second-order valence-electron chi connectivity index (χ2n) is 7.69.